The summed E-state index contributed by atoms with van der Waals surface area (Å²) in [4.78, 5) is 0. The van der Waals surface area contributed by atoms with Crippen molar-refractivity contribution in [3.63, 3.8) is 0 Å². The van der Waals surface area contributed by atoms with Gasteiger partial charge in [-0.05, 0) is 0 Å². The fourth-order valence-corrected chi connectivity index (χ4v) is 0.576. The number of rotatable bonds is 3. The molecule has 0 fully saturated rings. The molecule has 0 bridgehead atoms. The van der Waals surface area contributed by atoms with E-state index in [1.54, 1.807) is 0 Å². The zero-order valence-corrected chi connectivity index (χ0v) is 9.19. The second kappa shape index (κ2) is 11.9. The smallest absolute Gasteiger partial charge is 1.00 e. The van der Waals surface area contributed by atoms with Crippen LogP contribution in [0.1, 0.15) is 26.7 Å². The van der Waals surface area contributed by atoms with Gasteiger partial charge in [0.2, 0.25) is 0 Å². The maximum Gasteiger partial charge on any atom is 2.00 e. The second-order valence-electron chi connectivity index (χ2n) is 2.06. The minimum Gasteiger partial charge on any atom is -1.00 e. The van der Waals surface area contributed by atoms with Crippen LogP contribution in [-0.2, 0) is 0 Å². The largest absolute Gasteiger partial charge is 2.00 e. The molecule has 0 N–H and O–H groups in total. The molecule has 0 aromatic heterocycles. The van der Waals surface area contributed by atoms with Gasteiger partial charge in [0, 0.05) is 0 Å². The van der Waals surface area contributed by atoms with Gasteiger partial charge in [-0.2, -0.15) is 0 Å². The van der Waals surface area contributed by atoms with E-state index in [9.17, 15) is 5.11 Å². The summed E-state index contributed by atoms with van der Waals surface area (Å²) < 4.78 is 0. The first-order valence-electron chi connectivity index (χ1n) is 2.89. The molecule has 1 atom stereocenters. The molecule has 0 radical (unpaired) electrons. The van der Waals surface area contributed by atoms with Crippen molar-refractivity contribution in [3.8, 4) is 0 Å². The number of halogens is 1. The standard InChI is InChI=1S/C6H13O.BrH.Mg/c1-3-4-6(2)5-7;;/h6H,3-5H2,1-2H3;1H;/q-1;;+2/p-1. The molecule has 0 amide bonds. The predicted molar refractivity (Wildman–Crippen MR) is 34.7 cm³/mol. The Labute approximate surface area is 84.1 Å². The van der Waals surface area contributed by atoms with E-state index in [4.69, 9.17) is 0 Å². The molecule has 0 saturated heterocycles. The van der Waals surface area contributed by atoms with Crippen LogP contribution in [0.25, 0.3) is 0 Å². The van der Waals surface area contributed by atoms with Crippen LogP contribution in [0.2, 0.25) is 0 Å². The summed E-state index contributed by atoms with van der Waals surface area (Å²) in [5, 5.41) is 10.0. The van der Waals surface area contributed by atoms with Crippen molar-refractivity contribution in [1.82, 2.24) is 0 Å². The van der Waals surface area contributed by atoms with Gasteiger partial charge in [0.05, 0.1) is 0 Å². The van der Waals surface area contributed by atoms with Crippen molar-refractivity contribution in [1.29, 1.82) is 0 Å². The molecule has 0 saturated carbocycles. The number of hydrogen-bond acceptors (Lipinski definition) is 1. The maximum atomic E-state index is 10.0. The molecule has 0 aliphatic heterocycles. The van der Waals surface area contributed by atoms with Crippen LogP contribution < -0.4 is 22.1 Å². The minimum atomic E-state index is 0. The zero-order chi connectivity index (χ0) is 5.70. The van der Waals surface area contributed by atoms with E-state index in [0.29, 0.717) is 5.92 Å². The van der Waals surface area contributed by atoms with Gasteiger partial charge < -0.3 is 22.1 Å². The van der Waals surface area contributed by atoms with Crippen LogP contribution >= 0.6 is 0 Å². The average Bonchev–Trinajstić information content (AvgIpc) is 1.68. The number of hydrogen-bond donors (Lipinski definition) is 0. The Morgan fingerprint density at radius 1 is 1.44 bits per heavy atom. The van der Waals surface area contributed by atoms with Crippen molar-refractivity contribution in [3.05, 3.63) is 0 Å². The monoisotopic (exact) mass is 204 g/mol. The van der Waals surface area contributed by atoms with E-state index < -0.39 is 0 Å². The first kappa shape index (κ1) is 16.7. The summed E-state index contributed by atoms with van der Waals surface area (Å²) in [5.74, 6) is 0.394. The van der Waals surface area contributed by atoms with Gasteiger partial charge in [0.1, 0.15) is 0 Å². The van der Waals surface area contributed by atoms with Gasteiger partial charge in [0.25, 0.3) is 0 Å². The van der Waals surface area contributed by atoms with Gasteiger partial charge in [-0.3, -0.25) is 0 Å². The second-order valence-corrected chi connectivity index (χ2v) is 2.06. The van der Waals surface area contributed by atoms with E-state index in [1.807, 2.05) is 6.92 Å². The molecule has 0 aliphatic carbocycles. The molecular weight excluding hydrogens is 192 g/mol. The Balaban J connectivity index is -0.000000180. The van der Waals surface area contributed by atoms with E-state index in [1.165, 1.54) is 0 Å². The van der Waals surface area contributed by atoms with E-state index in [0.717, 1.165) is 12.8 Å². The summed E-state index contributed by atoms with van der Waals surface area (Å²) in [6, 6.07) is 0. The molecule has 0 aromatic rings. The Kier molecular flexibility index (Phi) is 22.1. The summed E-state index contributed by atoms with van der Waals surface area (Å²) in [6.45, 7) is 4.19. The summed E-state index contributed by atoms with van der Waals surface area (Å²) in [5.41, 5.74) is 0. The molecule has 1 unspecified atom stereocenters. The van der Waals surface area contributed by atoms with Gasteiger partial charge in [-0.15, -0.1) is 6.61 Å². The summed E-state index contributed by atoms with van der Waals surface area (Å²) in [7, 11) is 0. The summed E-state index contributed by atoms with van der Waals surface area (Å²) in [6.07, 6.45) is 2.23. The van der Waals surface area contributed by atoms with Gasteiger partial charge in [-0.1, -0.05) is 32.6 Å². The summed E-state index contributed by atoms with van der Waals surface area (Å²) >= 11 is 0. The molecule has 0 spiro atoms. The van der Waals surface area contributed by atoms with E-state index in [2.05, 4.69) is 6.92 Å². The first-order chi connectivity index (χ1) is 3.31. The maximum absolute atomic E-state index is 10.0. The van der Waals surface area contributed by atoms with Gasteiger partial charge in [0.15, 0.2) is 0 Å². The Morgan fingerprint density at radius 2 is 1.89 bits per heavy atom. The minimum absolute atomic E-state index is 0. The fourth-order valence-electron chi connectivity index (χ4n) is 0.576. The van der Waals surface area contributed by atoms with Crippen molar-refractivity contribution in [2.24, 2.45) is 5.92 Å². The SMILES string of the molecule is CCCC(C)C[O-].[Br-].[Mg+2]. The average molecular weight is 205 g/mol. The van der Waals surface area contributed by atoms with Crippen LogP contribution in [0.3, 0.4) is 0 Å². The molecule has 0 aliphatic rings. The van der Waals surface area contributed by atoms with Gasteiger partial charge >= 0.3 is 23.1 Å². The van der Waals surface area contributed by atoms with Crippen molar-refractivity contribution in [2.45, 2.75) is 26.7 Å². The van der Waals surface area contributed by atoms with Crippen molar-refractivity contribution < 1.29 is 22.1 Å². The predicted octanol–water partition coefficient (Wildman–Crippen LogP) is -2.59. The van der Waals surface area contributed by atoms with Crippen molar-refractivity contribution in [2.75, 3.05) is 6.61 Å². The normalized spacial score (nSPS) is 11.0. The van der Waals surface area contributed by atoms with Gasteiger partial charge in [-0.25, -0.2) is 0 Å². The van der Waals surface area contributed by atoms with Crippen molar-refractivity contribution >= 4 is 23.1 Å². The van der Waals surface area contributed by atoms with Crippen LogP contribution in [-0.4, -0.2) is 29.7 Å². The van der Waals surface area contributed by atoms with E-state index >= 15 is 0 Å². The van der Waals surface area contributed by atoms with Crippen LogP contribution in [0.4, 0.5) is 0 Å². The van der Waals surface area contributed by atoms with Crippen LogP contribution in [0, 0.1) is 5.92 Å². The van der Waals surface area contributed by atoms with E-state index in [-0.39, 0.29) is 46.6 Å². The molecule has 52 valence electrons. The third kappa shape index (κ3) is 12.4. The van der Waals surface area contributed by atoms with Crippen LogP contribution in [0.15, 0.2) is 0 Å². The Bertz CT molecular complexity index is 44.0. The van der Waals surface area contributed by atoms with Crippen LogP contribution in [0.5, 0.6) is 0 Å². The third-order valence-electron chi connectivity index (χ3n) is 1.07. The fraction of sp³-hybridized carbons (Fsp3) is 1.00. The quantitative estimate of drug-likeness (QED) is 0.464. The Morgan fingerprint density at radius 3 is 2.00 bits per heavy atom. The molecule has 0 heterocycles. The molecule has 0 aromatic carbocycles. The molecule has 0 rings (SSSR count). The Hall–Kier alpha value is 1.21. The molecule has 9 heavy (non-hydrogen) atoms. The molecule has 3 heteroatoms. The first-order valence-corrected chi connectivity index (χ1v) is 2.89. The zero-order valence-electron chi connectivity index (χ0n) is 6.19. The molecule has 1 nitrogen and oxygen atoms in total. The third-order valence-corrected chi connectivity index (χ3v) is 1.07. The molecular formula is C6H13BrMgO. The topological polar surface area (TPSA) is 23.1 Å².